The number of hydrogen-bond donors (Lipinski definition) is 2. The topological polar surface area (TPSA) is 79.4 Å². The summed E-state index contributed by atoms with van der Waals surface area (Å²) in [6.45, 7) is 7.61. The van der Waals surface area contributed by atoms with Crippen molar-refractivity contribution in [2.24, 2.45) is 0 Å². The van der Waals surface area contributed by atoms with E-state index < -0.39 is 0 Å². The van der Waals surface area contributed by atoms with Gasteiger partial charge in [0.1, 0.15) is 0 Å². The number of carbonyl (C=O) groups excluding carboxylic acids is 1. The van der Waals surface area contributed by atoms with Crippen LogP contribution in [-0.2, 0) is 9.53 Å². The van der Waals surface area contributed by atoms with Crippen LogP contribution in [0.1, 0.15) is 6.92 Å². The molecule has 7 nitrogen and oxygen atoms in total. The van der Waals surface area contributed by atoms with Crippen molar-refractivity contribution in [3.8, 4) is 11.3 Å². The highest BCUT2D eigenvalue weighted by atomic mass is 35.5. The van der Waals surface area contributed by atoms with Crippen LogP contribution in [-0.4, -0.2) is 42.7 Å². The summed E-state index contributed by atoms with van der Waals surface area (Å²) in [4.78, 5) is 22.6. The van der Waals surface area contributed by atoms with E-state index in [4.69, 9.17) is 16.3 Å². The molecule has 0 fully saturated rings. The van der Waals surface area contributed by atoms with E-state index in [1.807, 2.05) is 50.4 Å². The maximum absolute atomic E-state index is 11.6. The van der Waals surface area contributed by atoms with Crippen LogP contribution in [0.25, 0.3) is 11.3 Å². The Bertz CT molecular complexity index is 1090. The van der Waals surface area contributed by atoms with Gasteiger partial charge in [-0.1, -0.05) is 36.4 Å². The van der Waals surface area contributed by atoms with E-state index in [2.05, 4.69) is 32.1 Å². The van der Waals surface area contributed by atoms with Crippen molar-refractivity contribution >= 4 is 40.5 Å². The number of benzene rings is 2. The molecular formula is C24H26ClN5O2. The smallest absolute Gasteiger partial charge is 0.247 e. The highest BCUT2D eigenvalue weighted by Gasteiger charge is 2.10. The van der Waals surface area contributed by atoms with Gasteiger partial charge in [-0.3, -0.25) is 4.79 Å². The highest BCUT2D eigenvalue weighted by molar-refractivity contribution is 6.33. The van der Waals surface area contributed by atoms with Gasteiger partial charge in [0.25, 0.3) is 0 Å². The van der Waals surface area contributed by atoms with E-state index >= 15 is 0 Å². The summed E-state index contributed by atoms with van der Waals surface area (Å²) in [6.07, 6.45) is 2.77. The van der Waals surface area contributed by atoms with Crippen molar-refractivity contribution in [2.75, 3.05) is 42.3 Å². The van der Waals surface area contributed by atoms with Crippen LogP contribution in [0.5, 0.6) is 0 Å². The predicted molar refractivity (Wildman–Crippen MR) is 131 cm³/mol. The number of amides is 1. The Balaban J connectivity index is 1.80. The van der Waals surface area contributed by atoms with Gasteiger partial charge in [-0.25, -0.2) is 9.97 Å². The lowest BCUT2D eigenvalue weighted by molar-refractivity contribution is -0.111. The summed E-state index contributed by atoms with van der Waals surface area (Å²) in [5.41, 5.74) is 3.84. The zero-order valence-corrected chi connectivity index (χ0v) is 18.9. The first kappa shape index (κ1) is 23.2. The Hall–Kier alpha value is -3.42. The Morgan fingerprint density at radius 1 is 1.22 bits per heavy atom. The molecule has 0 aliphatic rings. The van der Waals surface area contributed by atoms with Gasteiger partial charge >= 0.3 is 0 Å². The summed E-state index contributed by atoms with van der Waals surface area (Å²) < 4.78 is 5.44. The SMILES string of the molecule is C=CC(=O)Nc1cccc(-c2nc(Nc3cccc(N(C)CCOCC)c3)ncc2Cl)c1. The number of carbonyl (C=O) groups is 1. The average molecular weight is 452 g/mol. The first-order valence-corrected chi connectivity index (χ1v) is 10.6. The summed E-state index contributed by atoms with van der Waals surface area (Å²) >= 11 is 6.37. The molecule has 3 aromatic rings. The summed E-state index contributed by atoms with van der Waals surface area (Å²) in [6, 6.07) is 15.3. The minimum atomic E-state index is -0.288. The molecule has 1 amide bonds. The van der Waals surface area contributed by atoms with E-state index in [0.29, 0.717) is 35.6 Å². The summed E-state index contributed by atoms with van der Waals surface area (Å²) in [5, 5.41) is 6.39. The van der Waals surface area contributed by atoms with E-state index in [0.717, 1.165) is 23.5 Å². The predicted octanol–water partition coefficient (Wildman–Crippen LogP) is 5.14. The molecule has 1 heterocycles. The Morgan fingerprint density at radius 2 is 2.00 bits per heavy atom. The second-order valence-corrected chi connectivity index (χ2v) is 7.37. The third kappa shape index (κ3) is 6.29. The molecule has 0 spiro atoms. The molecule has 0 bridgehead atoms. The van der Waals surface area contributed by atoms with Gasteiger partial charge in [0.05, 0.1) is 23.5 Å². The van der Waals surface area contributed by atoms with Crippen LogP contribution in [0.3, 0.4) is 0 Å². The Morgan fingerprint density at radius 3 is 2.78 bits per heavy atom. The molecule has 0 unspecified atom stereocenters. The molecule has 0 atom stereocenters. The number of halogens is 1. The second-order valence-electron chi connectivity index (χ2n) is 6.96. The lowest BCUT2D eigenvalue weighted by Crippen LogP contribution is -2.22. The molecule has 166 valence electrons. The highest BCUT2D eigenvalue weighted by Crippen LogP contribution is 2.29. The quantitative estimate of drug-likeness (QED) is 0.328. The fourth-order valence-corrected chi connectivity index (χ4v) is 3.19. The molecule has 2 aromatic carbocycles. The molecular weight excluding hydrogens is 426 g/mol. The maximum atomic E-state index is 11.6. The van der Waals surface area contributed by atoms with Gasteiger partial charge < -0.3 is 20.3 Å². The van der Waals surface area contributed by atoms with E-state index in [9.17, 15) is 4.79 Å². The molecule has 0 aliphatic carbocycles. The van der Waals surface area contributed by atoms with Gasteiger partial charge in [-0.05, 0) is 43.3 Å². The van der Waals surface area contributed by atoms with Gasteiger partial charge in [0.2, 0.25) is 11.9 Å². The zero-order valence-electron chi connectivity index (χ0n) is 18.1. The van der Waals surface area contributed by atoms with Gasteiger partial charge in [-0.2, -0.15) is 0 Å². The number of hydrogen-bond acceptors (Lipinski definition) is 6. The number of nitrogens with one attached hydrogen (secondary N) is 2. The Labute approximate surface area is 193 Å². The molecule has 0 saturated carbocycles. The monoisotopic (exact) mass is 451 g/mol. The number of aromatic nitrogens is 2. The molecule has 8 heteroatoms. The average Bonchev–Trinajstić information content (AvgIpc) is 2.80. The summed E-state index contributed by atoms with van der Waals surface area (Å²) in [7, 11) is 2.02. The van der Waals surface area contributed by atoms with Crippen LogP contribution in [0.4, 0.5) is 23.0 Å². The number of anilines is 4. The van der Waals surface area contributed by atoms with Crippen LogP contribution >= 0.6 is 11.6 Å². The molecule has 0 radical (unpaired) electrons. The standard InChI is InChI=1S/C24H26ClN5O2/c1-4-22(31)27-18-9-6-8-17(14-18)23-21(25)16-26-24(29-23)28-19-10-7-11-20(15-19)30(3)12-13-32-5-2/h4,6-11,14-16H,1,5,12-13H2,2-3H3,(H,27,31)(H,26,28,29). The van der Waals surface area contributed by atoms with Crippen LogP contribution in [0.2, 0.25) is 5.02 Å². The first-order valence-electron chi connectivity index (χ1n) is 10.2. The van der Waals surface area contributed by atoms with Gasteiger partial charge in [-0.15, -0.1) is 0 Å². The lowest BCUT2D eigenvalue weighted by Gasteiger charge is -2.20. The number of nitrogens with zero attached hydrogens (tertiary/aromatic N) is 3. The van der Waals surface area contributed by atoms with Crippen LogP contribution < -0.4 is 15.5 Å². The number of rotatable bonds is 10. The van der Waals surface area contributed by atoms with E-state index in [1.54, 1.807) is 18.3 Å². The van der Waals surface area contributed by atoms with Crippen LogP contribution in [0, 0.1) is 0 Å². The van der Waals surface area contributed by atoms with E-state index in [1.165, 1.54) is 6.08 Å². The third-order valence-corrected chi connectivity index (χ3v) is 4.93. The molecule has 32 heavy (non-hydrogen) atoms. The normalized spacial score (nSPS) is 10.5. The first-order chi connectivity index (χ1) is 15.5. The van der Waals surface area contributed by atoms with Crippen molar-refractivity contribution < 1.29 is 9.53 Å². The minimum Gasteiger partial charge on any atom is -0.380 e. The third-order valence-electron chi connectivity index (χ3n) is 4.65. The lowest BCUT2D eigenvalue weighted by atomic mass is 10.1. The van der Waals surface area contributed by atoms with Crippen LogP contribution in [0.15, 0.2) is 67.4 Å². The molecule has 1 aromatic heterocycles. The maximum Gasteiger partial charge on any atom is 0.247 e. The summed E-state index contributed by atoms with van der Waals surface area (Å²) in [5.74, 6) is 0.128. The van der Waals surface area contributed by atoms with E-state index in [-0.39, 0.29) is 5.91 Å². The number of likely N-dealkylation sites (N-methyl/N-ethyl adjacent to an activating group) is 1. The van der Waals surface area contributed by atoms with Crippen molar-refractivity contribution in [3.63, 3.8) is 0 Å². The van der Waals surface area contributed by atoms with Gasteiger partial charge in [0, 0.05) is 42.8 Å². The zero-order chi connectivity index (χ0) is 22.9. The fraction of sp³-hybridized carbons (Fsp3) is 0.208. The van der Waals surface area contributed by atoms with Gasteiger partial charge in [0.15, 0.2) is 0 Å². The minimum absolute atomic E-state index is 0.288. The molecule has 3 rings (SSSR count). The molecule has 0 aliphatic heterocycles. The Kier molecular flexibility index (Phi) is 8.19. The largest absolute Gasteiger partial charge is 0.380 e. The second kappa shape index (κ2) is 11.3. The van der Waals surface area contributed by atoms with Crippen molar-refractivity contribution in [3.05, 3.63) is 72.4 Å². The van der Waals surface area contributed by atoms with Crippen molar-refractivity contribution in [1.82, 2.24) is 9.97 Å². The molecule has 0 saturated heterocycles. The molecule has 2 N–H and O–H groups in total. The number of ether oxygens (including phenoxy) is 1. The van der Waals surface area contributed by atoms with Crippen molar-refractivity contribution in [2.45, 2.75) is 6.92 Å². The van der Waals surface area contributed by atoms with Crippen molar-refractivity contribution in [1.29, 1.82) is 0 Å². The fourth-order valence-electron chi connectivity index (χ4n) is 2.99.